The lowest BCUT2D eigenvalue weighted by molar-refractivity contribution is -0.131. The number of pyridine rings is 1. The maximum absolute atomic E-state index is 11.7. The van der Waals surface area contributed by atoms with E-state index in [1.165, 1.54) is 0 Å². The summed E-state index contributed by atoms with van der Waals surface area (Å²) in [7, 11) is 1.62. The fourth-order valence-electron chi connectivity index (χ4n) is 5.03. The second-order valence-corrected chi connectivity index (χ2v) is 10.7. The van der Waals surface area contributed by atoms with Crippen molar-refractivity contribution in [3.8, 4) is 17.1 Å². The van der Waals surface area contributed by atoms with E-state index in [0.717, 1.165) is 50.4 Å². The topological polar surface area (TPSA) is 122 Å². The number of nitrogens with one attached hydrogen (secondary N) is 1. The minimum absolute atomic E-state index is 0.151. The zero-order valence-corrected chi connectivity index (χ0v) is 21.8. The molecular weight excluding hydrogens is 472 g/mol. The minimum Gasteiger partial charge on any atom is -0.497 e. The Morgan fingerprint density at radius 1 is 1.19 bits per heavy atom. The Hall–Kier alpha value is -3.73. The van der Waals surface area contributed by atoms with Crippen molar-refractivity contribution < 1.29 is 14.6 Å². The molecule has 3 aromatic rings. The van der Waals surface area contributed by atoms with Gasteiger partial charge in [-0.15, -0.1) is 0 Å². The molecule has 0 atom stereocenters. The Morgan fingerprint density at radius 3 is 2.62 bits per heavy atom. The first-order valence-electron chi connectivity index (χ1n) is 12.5. The van der Waals surface area contributed by atoms with Gasteiger partial charge in [-0.2, -0.15) is 5.10 Å². The van der Waals surface area contributed by atoms with E-state index in [1.807, 2.05) is 23.2 Å². The van der Waals surface area contributed by atoms with Crippen molar-refractivity contribution in [1.82, 2.24) is 29.6 Å². The molecule has 3 aromatic heterocycles. The van der Waals surface area contributed by atoms with Crippen molar-refractivity contribution in [3.63, 3.8) is 0 Å². The molecular formula is C26H34N8O3. The fourth-order valence-corrected chi connectivity index (χ4v) is 5.03. The predicted octanol–water partition coefficient (Wildman–Crippen LogP) is 2.71. The number of carbonyl (C=O) groups is 1. The SMILES string of the molecule is COc1ccnc(Nc2cc(N3CC4(CCN(C(C)=O)CC4)C3)nc(-c3cnn(CC(C)(C)O)c3)n2)c1. The summed E-state index contributed by atoms with van der Waals surface area (Å²) in [5.74, 6) is 3.44. The lowest BCUT2D eigenvalue weighted by Gasteiger charge is -2.54. The molecule has 2 aliphatic rings. The first kappa shape index (κ1) is 24.9. The number of anilines is 3. The number of carbonyl (C=O) groups excluding carboxylic acids is 1. The standard InChI is InChI=1S/C26H34N8O3/c1-18(35)32-9-6-26(7-10-32)16-33(17-26)23-12-22(29-21-11-20(37-4)5-8-27-21)30-24(31-23)19-13-28-34(14-19)15-25(2,3)36/h5,8,11-14,36H,6-7,9-10,15-17H2,1-4H3,(H,27,29,30,31). The van der Waals surface area contributed by atoms with Gasteiger partial charge in [0.1, 0.15) is 23.2 Å². The summed E-state index contributed by atoms with van der Waals surface area (Å²) >= 11 is 0. The van der Waals surface area contributed by atoms with Gasteiger partial charge < -0.3 is 25.0 Å². The Bertz CT molecular complexity index is 1270. The average Bonchev–Trinajstić information content (AvgIpc) is 3.29. The largest absolute Gasteiger partial charge is 0.497 e. The molecule has 2 saturated heterocycles. The molecule has 0 aromatic carbocycles. The highest BCUT2D eigenvalue weighted by Crippen LogP contribution is 2.42. The molecule has 0 aliphatic carbocycles. The molecule has 0 unspecified atom stereocenters. The van der Waals surface area contributed by atoms with Crippen molar-refractivity contribution in [1.29, 1.82) is 0 Å². The normalized spacial score (nSPS) is 17.0. The lowest BCUT2D eigenvalue weighted by atomic mass is 9.72. The van der Waals surface area contributed by atoms with Crippen LogP contribution in [0.4, 0.5) is 17.5 Å². The summed E-state index contributed by atoms with van der Waals surface area (Å²) in [5, 5.41) is 17.9. The van der Waals surface area contributed by atoms with Crippen LogP contribution in [0.15, 0.2) is 36.8 Å². The van der Waals surface area contributed by atoms with E-state index in [4.69, 9.17) is 14.7 Å². The summed E-state index contributed by atoms with van der Waals surface area (Å²) in [4.78, 5) is 30.0. The number of aromatic nitrogens is 5. The molecule has 37 heavy (non-hydrogen) atoms. The summed E-state index contributed by atoms with van der Waals surface area (Å²) in [6.07, 6.45) is 7.25. The number of aliphatic hydroxyl groups is 1. The summed E-state index contributed by atoms with van der Waals surface area (Å²) in [6, 6.07) is 5.53. The van der Waals surface area contributed by atoms with E-state index in [2.05, 4.69) is 20.3 Å². The Balaban J connectivity index is 1.40. The van der Waals surface area contributed by atoms with Gasteiger partial charge in [0.05, 0.1) is 31.0 Å². The number of methoxy groups -OCH3 is 1. The second kappa shape index (κ2) is 9.62. The van der Waals surface area contributed by atoms with Crippen molar-refractivity contribution in [3.05, 3.63) is 36.8 Å². The van der Waals surface area contributed by atoms with Crippen LogP contribution in [0.5, 0.6) is 5.75 Å². The van der Waals surface area contributed by atoms with E-state index in [0.29, 0.717) is 29.8 Å². The van der Waals surface area contributed by atoms with Crippen LogP contribution in [0.25, 0.3) is 11.4 Å². The van der Waals surface area contributed by atoms with Gasteiger partial charge in [0, 0.05) is 63.0 Å². The molecule has 196 valence electrons. The van der Waals surface area contributed by atoms with Gasteiger partial charge in [0.25, 0.3) is 0 Å². The molecule has 2 aliphatic heterocycles. The van der Waals surface area contributed by atoms with E-state index in [9.17, 15) is 9.90 Å². The van der Waals surface area contributed by atoms with Gasteiger partial charge in [-0.25, -0.2) is 15.0 Å². The van der Waals surface area contributed by atoms with Gasteiger partial charge >= 0.3 is 0 Å². The molecule has 5 rings (SSSR count). The average molecular weight is 507 g/mol. The maximum Gasteiger partial charge on any atom is 0.219 e. The van der Waals surface area contributed by atoms with Gasteiger partial charge in [0.2, 0.25) is 5.91 Å². The molecule has 2 fully saturated rings. The zero-order chi connectivity index (χ0) is 26.2. The molecule has 2 N–H and O–H groups in total. The van der Waals surface area contributed by atoms with E-state index in [-0.39, 0.29) is 11.3 Å². The van der Waals surface area contributed by atoms with Crippen LogP contribution < -0.4 is 15.0 Å². The zero-order valence-electron chi connectivity index (χ0n) is 21.8. The summed E-state index contributed by atoms with van der Waals surface area (Å²) in [6.45, 7) is 8.90. The van der Waals surface area contributed by atoms with Crippen LogP contribution in [-0.4, -0.2) is 79.5 Å². The number of nitrogens with zero attached hydrogens (tertiary/aromatic N) is 7. The number of hydrogen-bond donors (Lipinski definition) is 2. The number of amides is 1. The maximum atomic E-state index is 11.7. The van der Waals surface area contributed by atoms with Crippen molar-refractivity contribution in [2.24, 2.45) is 5.41 Å². The number of rotatable bonds is 7. The molecule has 0 bridgehead atoms. The van der Waals surface area contributed by atoms with Crippen LogP contribution in [0.2, 0.25) is 0 Å². The third kappa shape index (κ3) is 5.66. The van der Waals surface area contributed by atoms with Crippen molar-refractivity contribution >= 4 is 23.4 Å². The highest BCUT2D eigenvalue weighted by atomic mass is 16.5. The van der Waals surface area contributed by atoms with Crippen LogP contribution >= 0.6 is 0 Å². The van der Waals surface area contributed by atoms with Crippen molar-refractivity contribution in [2.75, 3.05) is 43.5 Å². The van der Waals surface area contributed by atoms with Gasteiger partial charge in [-0.05, 0) is 32.8 Å². The van der Waals surface area contributed by atoms with Crippen LogP contribution in [0, 0.1) is 5.41 Å². The van der Waals surface area contributed by atoms with E-state index >= 15 is 0 Å². The van der Waals surface area contributed by atoms with Gasteiger partial charge in [-0.1, -0.05) is 0 Å². The van der Waals surface area contributed by atoms with E-state index < -0.39 is 5.60 Å². The third-order valence-electron chi connectivity index (χ3n) is 7.02. The molecule has 11 heteroatoms. The van der Waals surface area contributed by atoms with Gasteiger partial charge in [0.15, 0.2) is 5.82 Å². The smallest absolute Gasteiger partial charge is 0.219 e. The Labute approximate surface area is 216 Å². The minimum atomic E-state index is -0.888. The first-order chi connectivity index (χ1) is 17.6. The van der Waals surface area contributed by atoms with Crippen molar-refractivity contribution in [2.45, 2.75) is 45.8 Å². The third-order valence-corrected chi connectivity index (χ3v) is 7.02. The summed E-state index contributed by atoms with van der Waals surface area (Å²) in [5.41, 5.74) is 0.0924. The van der Waals surface area contributed by atoms with Crippen LogP contribution in [-0.2, 0) is 11.3 Å². The second-order valence-electron chi connectivity index (χ2n) is 10.7. The van der Waals surface area contributed by atoms with Gasteiger partial charge in [-0.3, -0.25) is 9.48 Å². The highest BCUT2D eigenvalue weighted by molar-refractivity contribution is 5.73. The van der Waals surface area contributed by atoms with Crippen LogP contribution in [0.1, 0.15) is 33.6 Å². The molecule has 11 nitrogen and oxygen atoms in total. The first-order valence-corrected chi connectivity index (χ1v) is 12.5. The molecule has 1 amide bonds. The molecule has 1 spiro atoms. The number of piperidine rings is 1. The molecule has 0 radical (unpaired) electrons. The van der Waals surface area contributed by atoms with Crippen LogP contribution in [0.3, 0.4) is 0 Å². The number of ether oxygens (including phenoxy) is 1. The number of likely N-dealkylation sites (tertiary alicyclic amines) is 1. The van der Waals surface area contributed by atoms with E-state index in [1.54, 1.807) is 51.0 Å². The monoisotopic (exact) mass is 506 g/mol. The fraction of sp³-hybridized carbons (Fsp3) is 0.500. The predicted molar refractivity (Wildman–Crippen MR) is 140 cm³/mol. The Kier molecular flexibility index (Phi) is 6.49. The summed E-state index contributed by atoms with van der Waals surface area (Å²) < 4.78 is 7.02. The quantitative estimate of drug-likeness (QED) is 0.498. The lowest BCUT2D eigenvalue weighted by Crippen LogP contribution is -2.61. The number of hydrogen-bond acceptors (Lipinski definition) is 9. The highest BCUT2D eigenvalue weighted by Gasteiger charge is 2.45. The molecule has 0 saturated carbocycles. The molecule has 5 heterocycles. The Morgan fingerprint density at radius 2 is 1.95 bits per heavy atom.